The molecule has 2 aromatic heterocycles. The lowest BCUT2D eigenvalue weighted by molar-refractivity contribution is 0.540. The Morgan fingerprint density at radius 1 is 1.38 bits per heavy atom. The molecule has 4 nitrogen and oxygen atoms in total. The molecule has 4 heteroatoms. The molecule has 0 spiro atoms. The number of nitrogens with zero attached hydrogens (tertiary/aromatic N) is 3. The van der Waals surface area contributed by atoms with E-state index in [0.29, 0.717) is 0 Å². The van der Waals surface area contributed by atoms with E-state index in [0.717, 1.165) is 18.7 Å². The summed E-state index contributed by atoms with van der Waals surface area (Å²) < 4.78 is 1.93. The Kier molecular flexibility index (Phi) is 2.27. The normalized spacial score (nSPS) is 17.1. The first kappa shape index (κ1) is 9.63. The lowest BCUT2D eigenvalue weighted by atomic mass is 10.0. The minimum Gasteiger partial charge on any atom is -0.344 e. The van der Waals surface area contributed by atoms with Gasteiger partial charge in [-0.2, -0.15) is 5.10 Å². The van der Waals surface area contributed by atoms with Crippen LogP contribution in [0, 0.1) is 0 Å². The van der Waals surface area contributed by atoms with Crippen LogP contribution in [-0.2, 0) is 12.8 Å². The molecule has 1 aliphatic carbocycles. The van der Waals surface area contributed by atoms with E-state index in [1.807, 2.05) is 16.9 Å². The molecular weight excluding hydrogens is 200 g/mol. The van der Waals surface area contributed by atoms with Crippen LogP contribution in [0.15, 0.2) is 18.5 Å². The van der Waals surface area contributed by atoms with Crippen molar-refractivity contribution in [2.75, 3.05) is 0 Å². The van der Waals surface area contributed by atoms with Crippen LogP contribution in [0.5, 0.6) is 0 Å². The van der Waals surface area contributed by atoms with Crippen LogP contribution in [0.1, 0.15) is 43.0 Å². The Bertz CT molecular complexity index is 446. The van der Waals surface area contributed by atoms with E-state index in [1.165, 1.54) is 24.2 Å². The summed E-state index contributed by atoms with van der Waals surface area (Å²) in [5, 5.41) is 4.26. The molecule has 1 aliphatic rings. The van der Waals surface area contributed by atoms with Crippen molar-refractivity contribution < 1.29 is 0 Å². The van der Waals surface area contributed by atoms with Gasteiger partial charge >= 0.3 is 0 Å². The number of hydrogen-bond donors (Lipinski definition) is 1. The summed E-state index contributed by atoms with van der Waals surface area (Å²) in [7, 11) is 0. The standard InChI is InChI=1S/C12H16N4/c1-9(16-8-4-7-13-16)12-14-10-5-2-3-6-11(10)15-12/h4,7-9H,2-3,5-6H2,1H3,(H,14,15). The number of aromatic amines is 1. The quantitative estimate of drug-likeness (QED) is 0.835. The monoisotopic (exact) mass is 216 g/mol. The first-order valence-electron chi connectivity index (χ1n) is 5.91. The van der Waals surface area contributed by atoms with E-state index in [-0.39, 0.29) is 6.04 Å². The van der Waals surface area contributed by atoms with Crippen LogP contribution in [0.25, 0.3) is 0 Å². The smallest absolute Gasteiger partial charge is 0.131 e. The highest BCUT2D eigenvalue weighted by atomic mass is 15.3. The Hall–Kier alpha value is -1.58. The van der Waals surface area contributed by atoms with Crippen LogP contribution in [0.3, 0.4) is 0 Å². The molecule has 2 aromatic rings. The van der Waals surface area contributed by atoms with Crippen LogP contribution in [0.4, 0.5) is 0 Å². The Balaban J connectivity index is 1.92. The van der Waals surface area contributed by atoms with Crippen LogP contribution >= 0.6 is 0 Å². The average molecular weight is 216 g/mol. The van der Waals surface area contributed by atoms with Gasteiger partial charge in [-0.15, -0.1) is 0 Å². The van der Waals surface area contributed by atoms with Crippen molar-refractivity contribution in [3.05, 3.63) is 35.7 Å². The maximum Gasteiger partial charge on any atom is 0.131 e. The number of nitrogens with one attached hydrogen (secondary N) is 1. The van der Waals surface area contributed by atoms with Gasteiger partial charge in [0, 0.05) is 18.1 Å². The molecule has 0 radical (unpaired) electrons. The predicted molar refractivity (Wildman–Crippen MR) is 61.3 cm³/mol. The number of rotatable bonds is 2. The van der Waals surface area contributed by atoms with E-state index >= 15 is 0 Å². The first-order valence-corrected chi connectivity index (χ1v) is 5.91. The van der Waals surface area contributed by atoms with Crippen LogP contribution < -0.4 is 0 Å². The third kappa shape index (κ3) is 1.54. The van der Waals surface area contributed by atoms with Crippen LogP contribution in [-0.4, -0.2) is 19.7 Å². The van der Waals surface area contributed by atoms with Crippen molar-refractivity contribution in [3.63, 3.8) is 0 Å². The van der Waals surface area contributed by atoms with Gasteiger partial charge in [0.2, 0.25) is 0 Å². The number of fused-ring (bicyclic) bond motifs is 1. The minimum atomic E-state index is 0.195. The molecular formula is C12H16N4. The molecule has 0 fully saturated rings. The highest BCUT2D eigenvalue weighted by Crippen LogP contribution is 2.22. The molecule has 84 valence electrons. The minimum absolute atomic E-state index is 0.195. The fourth-order valence-corrected chi connectivity index (χ4v) is 2.31. The summed E-state index contributed by atoms with van der Waals surface area (Å²) in [6.45, 7) is 2.12. The van der Waals surface area contributed by atoms with Gasteiger partial charge in [0.05, 0.1) is 5.69 Å². The molecule has 1 atom stereocenters. The van der Waals surface area contributed by atoms with Crippen molar-refractivity contribution in [1.82, 2.24) is 19.7 Å². The van der Waals surface area contributed by atoms with Crippen molar-refractivity contribution >= 4 is 0 Å². The summed E-state index contributed by atoms with van der Waals surface area (Å²) in [5.41, 5.74) is 2.60. The summed E-state index contributed by atoms with van der Waals surface area (Å²) in [6.07, 6.45) is 8.61. The van der Waals surface area contributed by atoms with Crippen LogP contribution in [0.2, 0.25) is 0 Å². The van der Waals surface area contributed by atoms with Gasteiger partial charge in [0.1, 0.15) is 11.9 Å². The van der Waals surface area contributed by atoms with E-state index in [1.54, 1.807) is 6.20 Å². The summed E-state index contributed by atoms with van der Waals surface area (Å²) in [6, 6.07) is 2.14. The first-order chi connectivity index (χ1) is 7.84. The molecule has 0 saturated heterocycles. The fraction of sp³-hybridized carbons (Fsp3) is 0.500. The van der Waals surface area contributed by atoms with E-state index in [2.05, 4.69) is 17.0 Å². The number of aromatic nitrogens is 4. The second-order valence-electron chi connectivity index (χ2n) is 4.42. The zero-order valence-electron chi connectivity index (χ0n) is 9.48. The van der Waals surface area contributed by atoms with Crippen molar-refractivity contribution in [2.24, 2.45) is 0 Å². The number of hydrogen-bond acceptors (Lipinski definition) is 2. The molecule has 3 rings (SSSR count). The second kappa shape index (κ2) is 3.77. The lowest BCUT2D eigenvalue weighted by Gasteiger charge is -2.08. The zero-order valence-corrected chi connectivity index (χ0v) is 9.48. The Morgan fingerprint density at radius 2 is 2.25 bits per heavy atom. The maximum atomic E-state index is 4.69. The Morgan fingerprint density at radius 3 is 3.00 bits per heavy atom. The van der Waals surface area contributed by atoms with E-state index < -0.39 is 0 Å². The highest BCUT2D eigenvalue weighted by molar-refractivity contribution is 5.19. The molecule has 0 bridgehead atoms. The molecule has 2 heterocycles. The molecule has 0 amide bonds. The Labute approximate surface area is 94.7 Å². The predicted octanol–water partition coefficient (Wildman–Crippen LogP) is 2.09. The van der Waals surface area contributed by atoms with E-state index in [9.17, 15) is 0 Å². The number of imidazole rings is 1. The highest BCUT2D eigenvalue weighted by Gasteiger charge is 2.18. The van der Waals surface area contributed by atoms with E-state index in [4.69, 9.17) is 4.98 Å². The molecule has 0 aliphatic heterocycles. The topological polar surface area (TPSA) is 46.5 Å². The third-order valence-corrected chi connectivity index (χ3v) is 3.29. The number of H-pyrrole nitrogens is 1. The van der Waals surface area contributed by atoms with Crippen molar-refractivity contribution in [2.45, 2.75) is 38.6 Å². The SMILES string of the molecule is CC(c1nc2c([nH]1)CCCC2)n1cccn1. The second-order valence-corrected chi connectivity index (χ2v) is 4.42. The molecule has 0 saturated carbocycles. The van der Waals surface area contributed by atoms with Gasteiger partial charge in [-0.25, -0.2) is 4.98 Å². The zero-order chi connectivity index (χ0) is 11.0. The van der Waals surface area contributed by atoms with Gasteiger partial charge in [-0.3, -0.25) is 4.68 Å². The summed E-state index contributed by atoms with van der Waals surface area (Å²) in [5.74, 6) is 1.04. The maximum absolute atomic E-state index is 4.69. The van der Waals surface area contributed by atoms with Gasteiger partial charge in [-0.05, 0) is 38.7 Å². The van der Waals surface area contributed by atoms with Crippen molar-refractivity contribution in [3.8, 4) is 0 Å². The number of aryl methyl sites for hydroxylation is 2. The summed E-state index contributed by atoms with van der Waals surface area (Å²) >= 11 is 0. The van der Waals surface area contributed by atoms with Gasteiger partial charge < -0.3 is 4.98 Å². The molecule has 16 heavy (non-hydrogen) atoms. The van der Waals surface area contributed by atoms with Gasteiger partial charge in [0.25, 0.3) is 0 Å². The van der Waals surface area contributed by atoms with Gasteiger partial charge in [-0.1, -0.05) is 0 Å². The lowest BCUT2D eigenvalue weighted by Crippen LogP contribution is -2.08. The average Bonchev–Trinajstić information content (AvgIpc) is 2.97. The third-order valence-electron chi connectivity index (χ3n) is 3.29. The molecule has 1 unspecified atom stereocenters. The van der Waals surface area contributed by atoms with Gasteiger partial charge in [0.15, 0.2) is 0 Å². The fourth-order valence-electron chi connectivity index (χ4n) is 2.31. The van der Waals surface area contributed by atoms with Crippen molar-refractivity contribution in [1.29, 1.82) is 0 Å². The summed E-state index contributed by atoms with van der Waals surface area (Å²) in [4.78, 5) is 8.14. The molecule has 1 N–H and O–H groups in total. The largest absolute Gasteiger partial charge is 0.344 e. The molecule has 0 aromatic carbocycles.